The number of hydrogen-bond acceptors (Lipinski definition) is 4. The molecule has 0 fully saturated rings. The number of benzene rings is 1. The number of ether oxygens (including phenoxy) is 1. The molecule has 1 amide bonds. The van der Waals surface area contributed by atoms with Crippen LogP contribution in [0.3, 0.4) is 0 Å². The maximum Gasteiger partial charge on any atom is 0.230 e. The molecule has 2 N–H and O–H groups in total. The van der Waals surface area contributed by atoms with E-state index < -0.39 is 0 Å². The largest absolute Gasteiger partial charge is 0.394 e. The number of methoxy groups -OCH3 is 1. The number of amides is 1. The molecule has 0 radical (unpaired) electrons. The Kier molecular flexibility index (Phi) is 7.48. The Morgan fingerprint density at radius 3 is 2.78 bits per heavy atom. The predicted octanol–water partition coefficient (Wildman–Crippen LogP) is 1.22. The standard InChI is InChI=1S/C13H19NO3S/c1-17-7-8-18-10-13(16)14-12(9-15)11-5-3-2-4-6-11/h2-6,12,15H,7-10H2,1H3,(H,14,16)/t12-/m0/s1. The van der Waals surface area contributed by atoms with E-state index in [1.54, 1.807) is 7.11 Å². The van der Waals surface area contributed by atoms with Crippen molar-refractivity contribution in [3.63, 3.8) is 0 Å². The van der Waals surface area contributed by atoms with Gasteiger partial charge in [-0.2, -0.15) is 0 Å². The summed E-state index contributed by atoms with van der Waals surface area (Å²) in [5, 5.41) is 12.1. The molecule has 18 heavy (non-hydrogen) atoms. The van der Waals surface area contributed by atoms with Gasteiger partial charge >= 0.3 is 0 Å². The fraction of sp³-hybridized carbons (Fsp3) is 0.462. The van der Waals surface area contributed by atoms with E-state index >= 15 is 0 Å². The van der Waals surface area contributed by atoms with Crippen LogP contribution in [0.25, 0.3) is 0 Å². The minimum Gasteiger partial charge on any atom is -0.394 e. The Morgan fingerprint density at radius 1 is 1.44 bits per heavy atom. The summed E-state index contributed by atoms with van der Waals surface area (Å²) < 4.78 is 4.90. The molecule has 0 aliphatic carbocycles. The lowest BCUT2D eigenvalue weighted by Crippen LogP contribution is -2.32. The zero-order valence-electron chi connectivity index (χ0n) is 10.5. The zero-order valence-corrected chi connectivity index (χ0v) is 11.3. The van der Waals surface area contributed by atoms with Crippen LogP contribution in [0.15, 0.2) is 30.3 Å². The highest BCUT2D eigenvalue weighted by Gasteiger charge is 2.12. The molecule has 1 rings (SSSR count). The molecule has 0 saturated heterocycles. The number of aliphatic hydroxyl groups is 1. The average molecular weight is 269 g/mol. The highest BCUT2D eigenvalue weighted by molar-refractivity contribution is 7.99. The highest BCUT2D eigenvalue weighted by Crippen LogP contribution is 2.11. The van der Waals surface area contributed by atoms with Gasteiger partial charge in [-0.15, -0.1) is 11.8 Å². The number of carbonyl (C=O) groups is 1. The van der Waals surface area contributed by atoms with Crippen molar-refractivity contribution in [3.8, 4) is 0 Å². The van der Waals surface area contributed by atoms with Crippen molar-refractivity contribution in [3.05, 3.63) is 35.9 Å². The molecular weight excluding hydrogens is 250 g/mol. The minimum absolute atomic E-state index is 0.0704. The quantitative estimate of drug-likeness (QED) is 0.697. The second kappa shape index (κ2) is 8.97. The predicted molar refractivity (Wildman–Crippen MR) is 73.6 cm³/mol. The second-order valence-corrected chi connectivity index (χ2v) is 4.86. The van der Waals surface area contributed by atoms with Crippen molar-refractivity contribution in [1.82, 2.24) is 5.32 Å². The van der Waals surface area contributed by atoms with Gasteiger partial charge in [-0.1, -0.05) is 30.3 Å². The first-order valence-corrected chi connectivity index (χ1v) is 6.95. The van der Waals surface area contributed by atoms with E-state index in [0.717, 1.165) is 11.3 Å². The van der Waals surface area contributed by atoms with Gasteiger partial charge in [0, 0.05) is 12.9 Å². The Hall–Kier alpha value is -1.04. The summed E-state index contributed by atoms with van der Waals surface area (Å²) in [5.41, 5.74) is 0.912. The molecule has 0 unspecified atom stereocenters. The molecule has 0 bridgehead atoms. The van der Waals surface area contributed by atoms with E-state index in [2.05, 4.69) is 5.32 Å². The number of aliphatic hydroxyl groups excluding tert-OH is 1. The first-order chi connectivity index (χ1) is 8.77. The number of thioether (sulfide) groups is 1. The molecule has 0 aliphatic rings. The van der Waals surface area contributed by atoms with Crippen molar-refractivity contribution in [2.45, 2.75) is 6.04 Å². The van der Waals surface area contributed by atoms with Crippen LogP contribution < -0.4 is 5.32 Å². The summed E-state index contributed by atoms with van der Waals surface area (Å²) in [6.07, 6.45) is 0. The van der Waals surface area contributed by atoms with Gasteiger partial charge in [0.15, 0.2) is 0 Å². The maximum absolute atomic E-state index is 11.7. The number of hydrogen-bond donors (Lipinski definition) is 2. The molecule has 0 heterocycles. The third-order valence-electron chi connectivity index (χ3n) is 2.38. The Morgan fingerprint density at radius 2 is 2.17 bits per heavy atom. The van der Waals surface area contributed by atoms with Crippen molar-refractivity contribution in [1.29, 1.82) is 0 Å². The van der Waals surface area contributed by atoms with Crippen LogP contribution in [0.4, 0.5) is 0 Å². The van der Waals surface area contributed by atoms with E-state index in [4.69, 9.17) is 4.74 Å². The molecule has 0 aromatic heterocycles. The molecule has 5 heteroatoms. The molecule has 4 nitrogen and oxygen atoms in total. The Labute approximate surface area is 112 Å². The smallest absolute Gasteiger partial charge is 0.230 e. The summed E-state index contributed by atoms with van der Waals surface area (Å²) in [4.78, 5) is 11.7. The van der Waals surface area contributed by atoms with E-state index in [1.165, 1.54) is 11.8 Å². The van der Waals surface area contributed by atoms with Gasteiger partial charge in [-0.25, -0.2) is 0 Å². The lowest BCUT2D eigenvalue weighted by Gasteiger charge is -2.16. The average Bonchev–Trinajstić information content (AvgIpc) is 2.42. The zero-order chi connectivity index (χ0) is 13.2. The van der Waals surface area contributed by atoms with Crippen LogP contribution in [-0.2, 0) is 9.53 Å². The van der Waals surface area contributed by atoms with Crippen LogP contribution in [0, 0.1) is 0 Å². The Balaban J connectivity index is 2.37. The van der Waals surface area contributed by atoms with Crippen LogP contribution >= 0.6 is 11.8 Å². The first kappa shape index (κ1) is 15.0. The SMILES string of the molecule is COCCSCC(=O)N[C@@H](CO)c1ccccc1. The summed E-state index contributed by atoms with van der Waals surface area (Å²) in [6.45, 7) is 0.540. The van der Waals surface area contributed by atoms with E-state index in [9.17, 15) is 9.90 Å². The van der Waals surface area contributed by atoms with Gasteiger partial charge in [0.05, 0.1) is 25.0 Å². The third-order valence-corrected chi connectivity index (χ3v) is 3.31. The molecule has 1 atom stereocenters. The van der Waals surface area contributed by atoms with Gasteiger partial charge < -0.3 is 15.2 Å². The van der Waals surface area contributed by atoms with Crippen molar-refractivity contribution in [2.75, 3.05) is 31.8 Å². The van der Waals surface area contributed by atoms with Crippen molar-refractivity contribution in [2.24, 2.45) is 0 Å². The molecular formula is C13H19NO3S. The maximum atomic E-state index is 11.7. The third kappa shape index (κ3) is 5.53. The second-order valence-electron chi connectivity index (χ2n) is 3.76. The molecule has 1 aromatic rings. The number of nitrogens with one attached hydrogen (secondary N) is 1. The van der Waals surface area contributed by atoms with E-state index in [-0.39, 0.29) is 18.6 Å². The first-order valence-electron chi connectivity index (χ1n) is 5.79. The molecule has 0 saturated carbocycles. The molecule has 0 spiro atoms. The number of carbonyl (C=O) groups excluding carboxylic acids is 1. The van der Waals surface area contributed by atoms with Crippen LogP contribution in [0.1, 0.15) is 11.6 Å². The Bertz CT molecular complexity index is 345. The molecule has 1 aromatic carbocycles. The molecule has 100 valence electrons. The van der Waals surface area contributed by atoms with Crippen LogP contribution in [-0.4, -0.2) is 42.8 Å². The number of rotatable bonds is 8. The lowest BCUT2D eigenvalue weighted by molar-refractivity contribution is -0.119. The van der Waals surface area contributed by atoms with Gasteiger partial charge in [-0.3, -0.25) is 4.79 Å². The lowest BCUT2D eigenvalue weighted by atomic mass is 10.1. The normalized spacial score (nSPS) is 12.1. The summed E-state index contributed by atoms with van der Waals surface area (Å²) >= 11 is 1.51. The van der Waals surface area contributed by atoms with Crippen molar-refractivity contribution < 1.29 is 14.6 Å². The van der Waals surface area contributed by atoms with E-state index in [1.807, 2.05) is 30.3 Å². The monoisotopic (exact) mass is 269 g/mol. The van der Waals surface area contributed by atoms with E-state index in [0.29, 0.717) is 12.4 Å². The summed E-state index contributed by atoms with van der Waals surface area (Å²) in [5.74, 6) is 1.10. The van der Waals surface area contributed by atoms with Crippen LogP contribution in [0.2, 0.25) is 0 Å². The van der Waals surface area contributed by atoms with Gasteiger partial charge in [0.25, 0.3) is 0 Å². The van der Waals surface area contributed by atoms with Gasteiger partial charge in [0.1, 0.15) is 0 Å². The van der Waals surface area contributed by atoms with Crippen LogP contribution in [0.5, 0.6) is 0 Å². The van der Waals surface area contributed by atoms with Gasteiger partial charge in [0.2, 0.25) is 5.91 Å². The van der Waals surface area contributed by atoms with Gasteiger partial charge in [-0.05, 0) is 5.56 Å². The summed E-state index contributed by atoms with van der Waals surface area (Å²) in [7, 11) is 1.64. The highest BCUT2D eigenvalue weighted by atomic mass is 32.2. The fourth-order valence-electron chi connectivity index (χ4n) is 1.46. The minimum atomic E-state index is -0.332. The summed E-state index contributed by atoms with van der Waals surface area (Å²) in [6, 6.07) is 9.12. The van der Waals surface area contributed by atoms with Crippen molar-refractivity contribution >= 4 is 17.7 Å². The fourth-order valence-corrected chi connectivity index (χ4v) is 2.16. The topological polar surface area (TPSA) is 58.6 Å². The molecule has 0 aliphatic heterocycles.